The van der Waals surface area contributed by atoms with E-state index in [1.165, 1.54) is 0 Å². The van der Waals surface area contributed by atoms with E-state index < -0.39 is 4.92 Å². The normalized spacial score (nSPS) is 26.5. The topological polar surface area (TPSA) is 87.6 Å². The van der Waals surface area contributed by atoms with Gasteiger partial charge in [-0.1, -0.05) is 12.1 Å². The maximum atomic E-state index is 11.0. The predicted octanol–water partition coefficient (Wildman–Crippen LogP) is 1.40. The van der Waals surface area contributed by atoms with Crippen LogP contribution in [0.2, 0.25) is 0 Å². The highest BCUT2D eigenvalue weighted by atomic mass is 16.6. The smallest absolute Gasteiger partial charge is 0.313 e. The third kappa shape index (κ3) is 2.16. The molecule has 0 aromatic heterocycles. The standard InChI is InChI=1S/C12H16N2O4/c1-7-4-3-5-9(11(7)14(15)16)18-10-6-8(13)12(10)17-2/h3-5,8,10,12H,6,13H2,1-2H3. The van der Waals surface area contributed by atoms with Gasteiger partial charge in [0.05, 0.1) is 4.92 Å². The minimum Gasteiger partial charge on any atom is -0.481 e. The third-order valence-electron chi connectivity index (χ3n) is 3.23. The van der Waals surface area contributed by atoms with Crippen LogP contribution in [-0.4, -0.2) is 30.3 Å². The zero-order valence-corrected chi connectivity index (χ0v) is 10.3. The molecule has 0 saturated heterocycles. The van der Waals surface area contributed by atoms with E-state index in [1.54, 1.807) is 32.2 Å². The van der Waals surface area contributed by atoms with Crippen LogP contribution >= 0.6 is 0 Å². The van der Waals surface area contributed by atoms with E-state index in [0.717, 1.165) is 0 Å². The summed E-state index contributed by atoms with van der Waals surface area (Å²) in [6, 6.07) is 4.95. The van der Waals surface area contributed by atoms with Crippen molar-refractivity contribution in [3.8, 4) is 5.75 Å². The third-order valence-corrected chi connectivity index (χ3v) is 3.23. The Morgan fingerprint density at radius 1 is 1.50 bits per heavy atom. The van der Waals surface area contributed by atoms with Gasteiger partial charge in [-0.3, -0.25) is 10.1 Å². The Kier molecular flexibility index (Phi) is 3.49. The molecule has 2 rings (SSSR count). The van der Waals surface area contributed by atoms with Crippen LogP contribution in [0.25, 0.3) is 0 Å². The molecule has 1 aromatic carbocycles. The van der Waals surface area contributed by atoms with Crippen molar-refractivity contribution >= 4 is 5.69 Å². The van der Waals surface area contributed by atoms with Gasteiger partial charge in [0, 0.05) is 25.1 Å². The number of rotatable bonds is 4. The minimum atomic E-state index is -0.426. The van der Waals surface area contributed by atoms with Gasteiger partial charge in [0.1, 0.15) is 12.2 Å². The number of nitrogens with two attached hydrogens (primary N) is 1. The summed E-state index contributed by atoms with van der Waals surface area (Å²) in [5.41, 5.74) is 6.35. The van der Waals surface area contributed by atoms with Crippen LogP contribution < -0.4 is 10.5 Å². The maximum Gasteiger partial charge on any atom is 0.313 e. The van der Waals surface area contributed by atoms with E-state index in [1.807, 2.05) is 0 Å². The molecule has 98 valence electrons. The molecular formula is C12H16N2O4. The number of aryl methyl sites for hydroxylation is 1. The van der Waals surface area contributed by atoms with Crippen LogP contribution in [0.5, 0.6) is 5.75 Å². The molecule has 1 aliphatic carbocycles. The lowest BCUT2D eigenvalue weighted by molar-refractivity contribution is -0.386. The molecule has 1 saturated carbocycles. The lowest BCUT2D eigenvalue weighted by Crippen LogP contribution is -2.59. The van der Waals surface area contributed by atoms with Crippen molar-refractivity contribution in [1.82, 2.24) is 0 Å². The fourth-order valence-electron chi connectivity index (χ4n) is 2.18. The zero-order valence-electron chi connectivity index (χ0n) is 10.3. The second kappa shape index (κ2) is 4.91. The second-order valence-electron chi connectivity index (χ2n) is 4.43. The van der Waals surface area contributed by atoms with Crippen molar-refractivity contribution in [3.63, 3.8) is 0 Å². The first-order chi connectivity index (χ1) is 8.54. The summed E-state index contributed by atoms with van der Waals surface area (Å²) in [6.07, 6.45) is 0.222. The van der Waals surface area contributed by atoms with Crippen molar-refractivity contribution in [2.45, 2.75) is 31.6 Å². The fourth-order valence-corrected chi connectivity index (χ4v) is 2.18. The van der Waals surface area contributed by atoms with Crippen LogP contribution in [0.1, 0.15) is 12.0 Å². The summed E-state index contributed by atoms with van der Waals surface area (Å²) in [5, 5.41) is 11.0. The van der Waals surface area contributed by atoms with Crippen molar-refractivity contribution in [2.24, 2.45) is 5.73 Å². The van der Waals surface area contributed by atoms with Crippen LogP contribution in [-0.2, 0) is 4.74 Å². The number of benzene rings is 1. The number of hydrogen-bond donors (Lipinski definition) is 1. The van der Waals surface area contributed by atoms with Gasteiger partial charge in [-0.25, -0.2) is 0 Å². The van der Waals surface area contributed by atoms with E-state index in [4.69, 9.17) is 15.2 Å². The van der Waals surface area contributed by atoms with Crippen LogP contribution in [0, 0.1) is 17.0 Å². The Morgan fingerprint density at radius 2 is 2.22 bits per heavy atom. The van der Waals surface area contributed by atoms with E-state index in [9.17, 15) is 10.1 Å². The summed E-state index contributed by atoms with van der Waals surface area (Å²) < 4.78 is 10.8. The average Bonchev–Trinajstić information content (AvgIpc) is 2.28. The number of ether oxygens (including phenoxy) is 2. The number of hydrogen-bond acceptors (Lipinski definition) is 5. The lowest BCUT2D eigenvalue weighted by atomic mass is 9.86. The first kappa shape index (κ1) is 12.8. The number of para-hydroxylation sites is 1. The van der Waals surface area contributed by atoms with Crippen molar-refractivity contribution in [2.75, 3.05) is 7.11 Å². The second-order valence-corrected chi connectivity index (χ2v) is 4.43. The lowest BCUT2D eigenvalue weighted by Gasteiger charge is -2.40. The summed E-state index contributed by atoms with van der Waals surface area (Å²) in [4.78, 5) is 10.6. The Balaban J connectivity index is 2.20. The Hall–Kier alpha value is -1.66. The predicted molar refractivity (Wildman–Crippen MR) is 65.6 cm³/mol. The summed E-state index contributed by atoms with van der Waals surface area (Å²) in [5.74, 6) is 0.277. The number of nitrogens with zero attached hydrogens (tertiary/aromatic N) is 1. The van der Waals surface area contributed by atoms with Gasteiger partial charge >= 0.3 is 5.69 Å². The molecule has 0 aliphatic heterocycles. The van der Waals surface area contributed by atoms with E-state index in [-0.39, 0.29) is 29.7 Å². The quantitative estimate of drug-likeness (QED) is 0.646. The molecular weight excluding hydrogens is 236 g/mol. The highest BCUT2D eigenvalue weighted by Gasteiger charge is 2.41. The van der Waals surface area contributed by atoms with Crippen molar-refractivity contribution in [1.29, 1.82) is 0 Å². The largest absolute Gasteiger partial charge is 0.481 e. The molecule has 1 aliphatic rings. The molecule has 6 nitrogen and oxygen atoms in total. The van der Waals surface area contributed by atoms with Crippen LogP contribution in [0.3, 0.4) is 0 Å². The number of nitro benzene ring substituents is 1. The molecule has 1 fully saturated rings. The molecule has 0 bridgehead atoms. The molecule has 3 atom stereocenters. The summed E-state index contributed by atoms with van der Waals surface area (Å²) in [6.45, 7) is 1.69. The van der Waals surface area contributed by atoms with Crippen LogP contribution in [0.4, 0.5) is 5.69 Å². The van der Waals surface area contributed by atoms with Gasteiger partial charge in [0.15, 0.2) is 5.75 Å². The van der Waals surface area contributed by atoms with Gasteiger partial charge in [-0.2, -0.15) is 0 Å². The van der Waals surface area contributed by atoms with Gasteiger partial charge in [0.2, 0.25) is 0 Å². The van der Waals surface area contributed by atoms with Crippen LogP contribution in [0.15, 0.2) is 18.2 Å². The molecule has 0 radical (unpaired) electrons. The van der Waals surface area contributed by atoms with Crippen molar-refractivity contribution in [3.05, 3.63) is 33.9 Å². The molecule has 3 unspecified atom stereocenters. The molecule has 6 heteroatoms. The Labute approximate surface area is 105 Å². The van der Waals surface area contributed by atoms with Gasteiger partial charge in [-0.05, 0) is 13.0 Å². The summed E-state index contributed by atoms with van der Waals surface area (Å²) in [7, 11) is 1.56. The average molecular weight is 252 g/mol. The first-order valence-corrected chi connectivity index (χ1v) is 5.73. The zero-order chi connectivity index (χ0) is 13.3. The van der Waals surface area contributed by atoms with Gasteiger partial charge in [0.25, 0.3) is 0 Å². The fraction of sp³-hybridized carbons (Fsp3) is 0.500. The molecule has 0 amide bonds. The molecule has 0 spiro atoms. The first-order valence-electron chi connectivity index (χ1n) is 5.73. The minimum absolute atomic E-state index is 0.00724. The number of methoxy groups -OCH3 is 1. The van der Waals surface area contributed by atoms with E-state index in [2.05, 4.69) is 0 Å². The SMILES string of the molecule is COC1C(N)CC1Oc1cccc(C)c1[N+](=O)[O-]. The Bertz CT molecular complexity index is 463. The molecule has 18 heavy (non-hydrogen) atoms. The van der Waals surface area contributed by atoms with Gasteiger partial charge < -0.3 is 15.2 Å². The molecule has 2 N–H and O–H groups in total. The monoisotopic (exact) mass is 252 g/mol. The highest BCUT2D eigenvalue weighted by Crippen LogP contribution is 2.34. The molecule has 0 heterocycles. The maximum absolute atomic E-state index is 11.0. The summed E-state index contributed by atoms with van der Waals surface area (Å²) >= 11 is 0. The molecule has 1 aromatic rings. The highest BCUT2D eigenvalue weighted by molar-refractivity contribution is 5.52. The van der Waals surface area contributed by atoms with Gasteiger partial charge in [-0.15, -0.1) is 0 Å². The Morgan fingerprint density at radius 3 is 2.78 bits per heavy atom. The van der Waals surface area contributed by atoms with E-state index >= 15 is 0 Å². The van der Waals surface area contributed by atoms with E-state index in [0.29, 0.717) is 12.0 Å². The number of nitro groups is 1. The van der Waals surface area contributed by atoms with Crippen molar-refractivity contribution < 1.29 is 14.4 Å².